The monoisotopic (exact) mass is 396 g/mol. The van der Waals surface area contributed by atoms with Gasteiger partial charge in [0.2, 0.25) is 0 Å². The van der Waals surface area contributed by atoms with Gasteiger partial charge in [0.15, 0.2) is 11.5 Å². The molecule has 150 valence electrons. The average Bonchev–Trinajstić information content (AvgIpc) is 3.23. The summed E-state index contributed by atoms with van der Waals surface area (Å²) in [5.41, 5.74) is 5.58. The second-order valence-electron chi connectivity index (χ2n) is 6.39. The predicted molar refractivity (Wildman–Crippen MR) is 110 cm³/mol. The molecular formula is C19H21FN8O. The zero-order chi connectivity index (χ0) is 20.2. The minimum atomic E-state index is -0.303. The van der Waals surface area contributed by atoms with Crippen molar-refractivity contribution in [3.05, 3.63) is 48.8 Å². The molecule has 1 aliphatic heterocycles. The number of nitrogens with zero attached hydrogens (tertiary/aromatic N) is 6. The van der Waals surface area contributed by atoms with Crippen LogP contribution in [-0.4, -0.2) is 59.1 Å². The molecule has 3 heterocycles. The second kappa shape index (κ2) is 8.23. The van der Waals surface area contributed by atoms with Crippen molar-refractivity contribution in [3.63, 3.8) is 0 Å². The molecule has 3 aromatic rings. The molecule has 1 aliphatic rings. The third-order valence-corrected chi connectivity index (χ3v) is 4.54. The number of anilines is 3. The maximum atomic E-state index is 14.7. The summed E-state index contributed by atoms with van der Waals surface area (Å²) in [6, 6.07) is 5.02. The van der Waals surface area contributed by atoms with Crippen molar-refractivity contribution in [3.8, 4) is 0 Å². The summed E-state index contributed by atoms with van der Waals surface area (Å²) < 4.78 is 21.6. The number of allylic oxidation sites excluding steroid dienone is 1. The third kappa shape index (κ3) is 3.87. The number of rotatable bonds is 6. The Labute approximate surface area is 166 Å². The van der Waals surface area contributed by atoms with Crippen LogP contribution in [0.25, 0.3) is 11.2 Å². The van der Waals surface area contributed by atoms with E-state index in [1.165, 1.54) is 12.4 Å². The highest BCUT2D eigenvalue weighted by atomic mass is 19.1. The van der Waals surface area contributed by atoms with Gasteiger partial charge >= 0.3 is 0 Å². The van der Waals surface area contributed by atoms with Gasteiger partial charge in [-0.1, -0.05) is 6.58 Å². The van der Waals surface area contributed by atoms with Crippen molar-refractivity contribution < 1.29 is 9.13 Å². The van der Waals surface area contributed by atoms with E-state index in [9.17, 15) is 4.39 Å². The van der Waals surface area contributed by atoms with Gasteiger partial charge in [-0.15, -0.1) is 0 Å². The molecule has 0 atom stereocenters. The molecule has 1 aromatic carbocycles. The molecule has 29 heavy (non-hydrogen) atoms. The van der Waals surface area contributed by atoms with Crippen LogP contribution in [0.4, 0.5) is 21.6 Å². The number of nitrogens with one attached hydrogen (secondary N) is 2. The molecule has 1 fully saturated rings. The van der Waals surface area contributed by atoms with E-state index in [0.29, 0.717) is 60.4 Å². The van der Waals surface area contributed by atoms with Crippen molar-refractivity contribution in [1.82, 2.24) is 25.0 Å². The molecule has 10 heteroatoms. The van der Waals surface area contributed by atoms with E-state index in [-0.39, 0.29) is 5.82 Å². The lowest BCUT2D eigenvalue weighted by molar-refractivity contribution is 0.122. The number of hydrazone groups is 1. The highest BCUT2D eigenvalue weighted by Crippen LogP contribution is 2.26. The van der Waals surface area contributed by atoms with Crippen LogP contribution >= 0.6 is 0 Å². The summed E-state index contributed by atoms with van der Waals surface area (Å²) >= 11 is 0. The maximum absolute atomic E-state index is 14.7. The number of halogens is 1. The molecule has 0 spiro atoms. The van der Waals surface area contributed by atoms with Crippen LogP contribution in [0.5, 0.6) is 0 Å². The number of benzene rings is 1. The van der Waals surface area contributed by atoms with Gasteiger partial charge < -0.3 is 20.4 Å². The summed E-state index contributed by atoms with van der Waals surface area (Å²) in [6.45, 7) is 6.52. The van der Waals surface area contributed by atoms with Gasteiger partial charge in [-0.3, -0.25) is 0 Å². The van der Waals surface area contributed by atoms with Crippen LogP contribution in [0, 0.1) is 5.82 Å². The van der Waals surface area contributed by atoms with Gasteiger partial charge in [-0.2, -0.15) is 10.2 Å². The normalized spacial score (nSPS) is 14.5. The lowest BCUT2D eigenvalue weighted by atomic mass is 10.2. The van der Waals surface area contributed by atoms with E-state index < -0.39 is 0 Å². The van der Waals surface area contributed by atoms with Gasteiger partial charge in [0, 0.05) is 31.4 Å². The van der Waals surface area contributed by atoms with E-state index in [1.54, 1.807) is 30.0 Å². The van der Waals surface area contributed by atoms with E-state index >= 15 is 0 Å². The van der Waals surface area contributed by atoms with Crippen molar-refractivity contribution in [2.45, 2.75) is 0 Å². The molecule has 0 amide bonds. The topological polar surface area (TPSA) is 92.0 Å². The first-order valence-electron chi connectivity index (χ1n) is 9.14. The lowest BCUT2D eigenvalue weighted by Gasteiger charge is -2.29. The van der Waals surface area contributed by atoms with E-state index in [1.807, 2.05) is 11.0 Å². The minimum Gasteiger partial charge on any atom is -0.378 e. The van der Waals surface area contributed by atoms with Gasteiger partial charge in [0.1, 0.15) is 12.1 Å². The van der Waals surface area contributed by atoms with Crippen LogP contribution in [0.15, 0.2) is 42.4 Å². The van der Waals surface area contributed by atoms with Gasteiger partial charge in [-0.05, 0) is 18.2 Å². The third-order valence-electron chi connectivity index (χ3n) is 4.54. The number of ether oxygens (including phenoxy) is 1. The molecule has 0 unspecified atom stereocenters. The van der Waals surface area contributed by atoms with E-state index in [2.05, 4.69) is 37.5 Å². The first-order valence-corrected chi connectivity index (χ1v) is 9.14. The minimum absolute atomic E-state index is 0.303. The molecule has 0 radical (unpaired) electrons. The Morgan fingerprint density at radius 3 is 2.90 bits per heavy atom. The molecule has 0 bridgehead atoms. The number of hydrogen-bond donors (Lipinski definition) is 2. The summed E-state index contributed by atoms with van der Waals surface area (Å²) in [6.07, 6.45) is 4.62. The summed E-state index contributed by atoms with van der Waals surface area (Å²) in [5.74, 6) is 0.158. The molecule has 0 saturated carbocycles. The van der Waals surface area contributed by atoms with Gasteiger partial charge in [0.25, 0.3) is 0 Å². The Morgan fingerprint density at radius 2 is 2.14 bits per heavy atom. The highest BCUT2D eigenvalue weighted by Gasteiger charge is 2.16. The molecule has 0 aliphatic carbocycles. The van der Waals surface area contributed by atoms with Gasteiger partial charge in [-0.25, -0.2) is 18.9 Å². The van der Waals surface area contributed by atoms with Crippen LogP contribution < -0.4 is 15.6 Å². The maximum Gasteiger partial charge on any atom is 0.199 e. The molecule has 4 rings (SSSR count). The van der Waals surface area contributed by atoms with Crippen LogP contribution in [0.2, 0.25) is 0 Å². The Hall–Kier alpha value is -3.53. The van der Waals surface area contributed by atoms with Crippen LogP contribution in [0.1, 0.15) is 5.69 Å². The van der Waals surface area contributed by atoms with Gasteiger partial charge in [0.05, 0.1) is 37.0 Å². The number of hydrogen-bond acceptors (Lipinski definition) is 8. The zero-order valence-electron chi connectivity index (χ0n) is 16.0. The summed E-state index contributed by atoms with van der Waals surface area (Å²) in [4.78, 5) is 10.7. The van der Waals surface area contributed by atoms with Crippen molar-refractivity contribution in [2.24, 2.45) is 5.10 Å². The van der Waals surface area contributed by atoms with Crippen molar-refractivity contribution in [2.75, 3.05) is 43.6 Å². The fourth-order valence-corrected chi connectivity index (χ4v) is 3.12. The summed E-state index contributed by atoms with van der Waals surface area (Å²) in [7, 11) is 1.70. The first-order chi connectivity index (χ1) is 14.2. The molecule has 9 nitrogen and oxygen atoms in total. The SMILES string of the molecule is C=C(/C=N\NC)c1cnc(Nc2ccc(N3CCOCC3)c(F)c2)c2ncnn12. The Kier molecular flexibility index (Phi) is 5.34. The molecular weight excluding hydrogens is 375 g/mol. The summed E-state index contributed by atoms with van der Waals surface area (Å²) in [5, 5.41) is 11.3. The first kappa shape index (κ1) is 18.8. The average molecular weight is 396 g/mol. The number of fused-ring (bicyclic) bond motifs is 1. The van der Waals surface area contributed by atoms with Crippen molar-refractivity contribution >= 4 is 34.6 Å². The zero-order valence-corrected chi connectivity index (χ0v) is 16.0. The standard InChI is InChI=1S/C19H21FN8O/c1-13(10-24-21-2)17-11-22-18(19-23-12-25-28(17)19)26-14-3-4-16(15(20)9-14)27-5-7-29-8-6-27/h3-4,9-12,21H,1,5-8H2,2H3,(H,22,26)/b24-10-. The van der Waals surface area contributed by atoms with E-state index in [4.69, 9.17) is 4.74 Å². The highest BCUT2D eigenvalue weighted by molar-refractivity contribution is 6.08. The predicted octanol–water partition coefficient (Wildman–Crippen LogP) is 2.06. The Bertz CT molecular complexity index is 1060. The van der Waals surface area contributed by atoms with Crippen LogP contribution in [0.3, 0.4) is 0 Å². The number of morpholine rings is 1. The number of aromatic nitrogens is 4. The Balaban J connectivity index is 1.60. The molecule has 2 N–H and O–H groups in total. The Morgan fingerprint density at radius 1 is 1.31 bits per heavy atom. The van der Waals surface area contributed by atoms with Crippen molar-refractivity contribution in [1.29, 1.82) is 0 Å². The molecule has 2 aromatic heterocycles. The second-order valence-corrected chi connectivity index (χ2v) is 6.39. The quantitative estimate of drug-likeness (QED) is 0.487. The van der Waals surface area contributed by atoms with Crippen LogP contribution in [-0.2, 0) is 4.74 Å². The fourth-order valence-electron chi connectivity index (χ4n) is 3.12. The van der Waals surface area contributed by atoms with E-state index in [0.717, 1.165) is 0 Å². The lowest BCUT2D eigenvalue weighted by Crippen LogP contribution is -2.36. The largest absolute Gasteiger partial charge is 0.378 e. The smallest absolute Gasteiger partial charge is 0.199 e. The molecule has 1 saturated heterocycles. The fraction of sp³-hybridized carbons (Fsp3) is 0.263.